The van der Waals surface area contributed by atoms with E-state index in [1.54, 1.807) is 28.7 Å². The topological polar surface area (TPSA) is 80.4 Å². The number of carboxylic acid groups (broad SMARTS) is 1. The number of carboxylic acids is 1. The summed E-state index contributed by atoms with van der Waals surface area (Å²) in [6.07, 6.45) is 5.05. The minimum Gasteiger partial charge on any atom is -0.480 e. The first-order chi connectivity index (χ1) is 9.76. The quantitative estimate of drug-likeness (QED) is 0.916. The van der Waals surface area contributed by atoms with Crippen LogP contribution in [0.5, 0.6) is 0 Å². The molecule has 0 unspecified atom stereocenters. The second kappa shape index (κ2) is 5.08. The third-order valence-corrected chi connectivity index (χ3v) is 3.65. The van der Waals surface area contributed by atoms with Gasteiger partial charge in [0.15, 0.2) is 0 Å². The van der Waals surface area contributed by atoms with E-state index in [0.717, 1.165) is 0 Å². The van der Waals surface area contributed by atoms with Crippen LogP contribution in [-0.4, -0.2) is 48.8 Å². The molecule has 7 nitrogen and oxygen atoms in total. The van der Waals surface area contributed by atoms with Crippen LogP contribution >= 0.6 is 0 Å². The van der Waals surface area contributed by atoms with E-state index in [1.807, 2.05) is 12.1 Å². The minimum atomic E-state index is -1.30. The van der Waals surface area contributed by atoms with E-state index in [1.165, 1.54) is 32.0 Å². The largest absolute Gasteiger partial charge is 0.480 e. The van der Waals surface area contributed by atoms with E-state index >= 15 is 0 Å². The lowest BCUT2D eigenvalue weighted by Crippen LogP contribution is -2.50. The van der Waals surface area contributed by atoms with Gasteiger partial charge < -0.3 is 14.6 Å². The maximum Gasteiger partial charge on any atom is 0.329 e. The summed E-state index contributed by atoms with van der Waals surface area (Å²) in [5, 5.41) is 13.3. The van der Waals surface area contributed by atoms with Gasteiger partial charge in [0.25, 0.3) is 5.91 Å². The first kappa shape index (κ1) is 14.8. The van der Waals surface area contributed by atoms with Crippen molar-refractivity contribution in [2.45, 2.75) is 19.4 Å². The lowest BCUT2D eigenvalue weighted by atomic mass is 10.0. The number of carbonyl (C=O) groups is 2. The summed E-state index contributed by atoms with van der Waals surface area (Å²) >= 11 is 0. The molecule has 2 aromatic heterocycles. The van der Waals surface area contributed by atoms with Gasteiger partial charge in [-0.15, -0.1) is 0 Å². The Labute approximate surface area is 122 Å². The second-order valence-corrected chi connectivity index (χ2v) is 5.32. The Morgan fingerprint density at radius 1 is 1.29 bits per heavy atom. The zero-order valence-corrected chi connectivity index (χ0v) is 12.4. The van der Waals surface area contributed by atoms with E-state index in [4.69, 9.17) is 0 Å². The summed E-state index contributed by atoms with van der Waals surface area (Å²) < 4.78 is 3.34. The molecule has 0 aromatic carbocycles. The predicted octanol–water partition coefficient (Wildman–Crippen LogP) is 1.15. The molecule has 0 aliphatic heterocycles. The molecule has 1 amide bonds. The number of aromatic nitrogens is 3. The molecule has 1 N–H and O–H groups in total. The van der Waals surface area contributed by atoms with Crippen LogP contribution in [0.1, 0.15) is 24.2 Å². The van der Waals surface area contributed by atoms with Gasteiger partial charge in [-0.3, -0.25) is 9.48 Å². The molecule has 0 bridgehead atoms. The van der Waals surface area contributed by atoms with Crippen molar-refractivity contribution in [1.29, 1.82) is 0 Å². The summed E-state index contributed by atoms with van der Waals surface area (Å²) in [5.74, 6) is -0.859. The lowest BCUT2D eigenvalue weighted by molar-refractivity contribution is -0.147. The van der Waals surface area contributed by atoms with E-state index in [-0.39, 0.29) is 5.91 Å². The van der Waals surface area contributed by atoms with Crippen molar-refractivity contribution in [2.75, 3.05) is 7.05 Å². The number of aryl methyl sites for hydroxylation is 1. The summed E-state index contributed by atoms with van der Waals surface area (Å²) in [5.41, 5.74) is -0.952. The Hall–Kier alpha value is -2.57. The number of nitrogens with zero attached hydrogens (tertiary/aromatic N) is 4. The Bertz CT molecular complexity index is 670. The van der Waals surface area contributed by atoms with E-state index < -0.39 is 11.5 Å². The van der Waals surface area contributed by atoms with Crippen LogP contribution in [0.15, 0.2) is 30.7 Å². The van der Waals surface area contributed by atoms with Gasteiger partial charge in [0, 0.05) is 26.5 Å². The van der Waals surface area contributed by atoms with Gasteiger partial charge >= 0.3 is 5.97 Å². The Morgan fingerprint density at radius 2 is 1.86 bits per heavy atom. The predicted molar refractivity (Wildman–Crippen MR) is 76.3 cm³/mol. The Morgan fingerprint density at radius 3 is 2.38 bits per heavy atom. The normalized spacial score (nSPS) is 11.4. The van der Waals surface area contributed by atoms with Crippen molar-refractivity contribution >= 4 is 11.9 Å². The van der Waals surface area contributed by atoms with Crippen molar-refractivity contribution in [3.8, 4) is 5.82 Å². The molecule has 2 aromatic rings. The van der Waals surface area contributed by atoms with Crippen LogP contribution in [0.2, 0.25) is 0 Å². The Kier molecular flexibility index (Phi) is 3.59. The maximum atomic E-state index is 12.6. The van der Waals surface area contributed by atoms with Crippen molar-refractivity contribution in [1.82, 2.24) is 19.2 Å². The maximum absolute atomic E-state index is 12.6. The zero-order chi connectivity index (χ0) is 15.8. The molecule has 0 aliphatic carbocycles. The summed E-state index contributed by atoms with van der Waals surface area (Å²) in [6.45, 7) is 2.97. The number of hydrogen-bond acceptors (Lipinski definition) is 3. The molecular formula is C14H18N4O3. The molecule has 0 radical (unpaired) electrons. The van der Waals surface area contributed by atoms with Gasteiger partial charge in [0.2, 0.25) is 0 Å². The first-order valence-corrected chi connectivity index (χ1v) is 6.43. The average molecular weight is 290 g/mol. The molecule has 0 atom stereocenters. The molecular weight excluding hydrogens is 272 g/mol. The van der Waals surface area contributed by atoms with Crippen molar-refractivity contribution in [3.05, 3.63) is 36.3 Å². The fourth-order valence-electron chi connectivity index (χ4n) is 1.94. The highest BCUT2D eigenvalue weighted by Gasteiger charge is 2.37. The molecule has 2 heterocycles. The summed E-state index contributed by atoms with van der Waals surface area (Å²) in [7, 11) is 3.21. The van der Waals surface area contributed by atoms with Gasteiger partial charge in [-0.2, -0.15) is 5.10 Å². The fourth-order valence-corrected chi connectivity index (χ4v) is 1.94. The molecule has 7 heteroatoms. The average Bonchev–Trinajstić information content (AvgIpc) is 3.05. The highest BCUT2D eigenvalue weighted by atomic mass is 16.4. The minimum absolute atomic E-state index is 0.352. The van der Waals surface area contributed by atoms with Gasteiger partial charge in [-0.25, -0.2) is 4.79 Å². The molecule has 0 fully saturated rings. The van der Waals surface area contributed by atoms with Crippen LogP contribution in [0.25, 0.3) is 5.82 Å². The monoisotopic (exact) mass is 290 g/mol. The SMILES string of the molecule is CN(C(=O)c1cnn(C)c1-n1cccc1)C(C)(C)C(=O)O. The van der Waals surface area contributed by atoms with Crippen LogP contribution in [0, 0.1) is 0 Å². The van der Waals surface area contributed by atoms with Gasteiger partial charge in [0.1, 0.15) is 16.9 Å². The number of rotatable bonds is 4. The second-order valence-electron chi connectivity index (χ2n) is 5.32. The van der Waals surface area contributed by atoms with E-state index in [0.29, 0.717) is 11.4 Å². The fraction of sp³-hybridized carbons (Fsp3) is 0.357. The molecule has 0 spiro atoms. The lowest BCUT2D eigenvalue weighted by Gasteiger charge is -2.31. The number of amides is 1. The van der Waals surface area contributed by atoms with Gasteiger partial charge in [-0.05, 0) is 26.0 Å². The zero-order valence-electron chi connectivity index (χ0n) is 12.4. The van der Waals surface area contributed by atoms with Crippen molar-refractivity contribution in [3.63, 3.8) is 0 Å². The molecule has 0 aliphatic rings. The first-order valence-electron chi connectivity index (χ1n) is 6.43. The van der Waals surface area contributed by atoms with Crippen LogP contribution in [0.4, 0.5) is 0 Å². The summed E-state index contributed by atoms with van der Waals surface area (Å²) in [4.78, 5) is 25.1. The highest BCUT2D eigenvalue weighted by Crippen LogP contribution is 2.20. The van der Waals surface area contributed by atoms with Crippen LogP contribution < -0.4 is 0 Å². The Balaban J connectivity index is 2.44. The molecule has 2 rings (SSSR count). The molecule has 0 saturated heterocycles. The summed E-state index contributed by atoms with van der Waals surface area (Å²) in [6, 6.07) is 3.68. The van der Waals surface area contributed by atoms with E-state index in [2.05, 4.69) is 5.10 Å². The highest BCUT2D eigenvalue weighted by molar-refractivity contribution is 5.99. The van der Waals surface area contributed by atoms with E-state index in [9.17, 15) is 14.7 Å². The number of carbonyl (C=O) groups excluding carboxylic acids is 1. The third-order valence-electron chi connectivity index (χ3n) is 3.65. The number of likely N-dealkylation sites (N-methyl/N-ethyl adjacent to an activating group) is 1. The standard InChI is InChI=1S/C14H18N4O3/c1-14(2,13(20)21)16(3)12(19)10-9-15-17(4)11(10)18-7-5-6-8-18/h5-9H,1-4H3,(H,20,21). The molecule has 21 heavy (non-hydrogen) atoms. The molecule has 112 valence electrons. The molecule has 0 saturated carbocycles. The number of aliphatic carboxylic acids is 1. The van der Waals surface area contributed by atoms with Crippen LogP contribution in [-0.2, 0) is 11.8 Å². The number of hydrogen-bond donors (Lipinski definition) is 1. The third kappa shape index (κ3) is 2.42. The van der Waals surface area contributed by atoms with Gasteiger partial charge in [-0.1, -0.05) is 0 Å². The van der Waals surface area contributed by atoms with Crippen LogP contribution in [0.3, 0.4) is 0 Å². The smallest absolute Gasteiger partial charge is 0.329 e. The van der Waals surface area contributed by atoms with Gasteiger partial charge in [0.05, 0.1) is 6.20 Å². The van der Waals surface area contributed by atoms with Crippen molar-refractivity contribution in [2.24, 2.45) is 7.05 Å². The van der Waals surface area contributed by atoms with Crippen molar-refractivity contribution < 1.29 is 14.7 Å².